The topological polar surface area (TPSA) is 58.9 Å². The van der Waals surface area contributed by atoms with Crippen LogP contribution in [0.15, 0.2) is 118 Å². The van der Waals surface area contributed by atoms with Gasteiger partial charge in [0.05, 0.1) is 14.2 Å². The maximum absolute atomic E-state index is 14.3. The summed E-state index contributed by atoms with van der Waals surface area (Å²) in [6.45, 7) is 0. The van der Waals surface area contributed by atoms with Crippen molar-refractivity contribution >= 4 is 88.6 Å². The third kappa shape index (κ3) is 8.16. The number of methoxy groups -OCH3 is 2. The van der Waals surface area contributed by atoms with Gasteiger partial charge in [0.15, 0.2) is 0 Å². The first kappa shape index (κ1) is 33.9. The summed E-state index contributed by atoms with van der Waals surface area (Å²) >= 11 is 8.38. The zero-order valence-electron chi connectivity index (χ0n) is 23.6. The monoisotopic (exact) mass is 832 g/mol. The average molecular weight is 834 g/mol. The molecule has 0 heterocycles. The highest BCUT2D eigenvalue weighted by atomic mass is 127. The zero-order valence-corrected chi connectivity index (χ0v) is 28.9. The Morgan fingerprint density at radius 1 is 0.636 bits per heavy atom. The Morgan fingerprint density at radius 3 is 1.70 bits per heavy atom. The molecule has 0 aliphatic carbocycles. The number of hydrogen-bond acceptors (Lipinski definition) is 4. The maximum atomic E-state index is 14.3. The van der Waals surface area contributed by atoms with Gasteiger partial charge in [-0.2, -0.15) is 0 Å². The number of rotatable bonds is 4. The number of halogens is 5. The van der Waals surface area contributed by atoms with E-state index in [1.807, 2.05) is 101 Å². The molecular weight excluding hydrogens is 808 g/mol. The standard InChI is InChI=1S/C17H12BrFO.C11H11BO3.C6H3BrFI/c1-20-16-9-6-11-4-2-3-5-13(11)17(16)14-8-7-12(18)10-15(14)19;1-15-10-7-6-8-4-2-3-5-9(8)11(10)12(13)14;7-4-1-2-6(9)5(8)3-4/h2-10H,1H3;2-7,13-14H,1H3;1-3H. The number of fused-ring (bicyclic) bond motifs is 2. The van der Waals surface area contributed by atoms with E-state index in [1.165, 1.54) is 19.2 Å². The minimum atomic E-state index is -1.52. The molecule has 6 aromatic rings. The number of ether oxygens (including phenoxy) is 2. The van der Waals surface area contributed by atoms with Crippen molar-refractivity contribution in [2.45, 2.75) is 0 Å². The summed E-state index contributed by atoms with van der Waals surface area (Å²) in [5, 5.41) is 22.4. The van der Waals surface area contributed by atoms with Crippen molar-refractivity contribution in [2.75, 3.05) is 14.2 Å². The van der Waals surface area contributed by atoms with E-state index in [4.69, 9.17) is 9.47 Å². The number of benzene rings is 6. The lowest BCUT2D eigenvalue weighted by Gasteiger charge is -2.13. The van der Waals surface area contributed by atoms with Gasteiger partial charge in [-0.15, -0.1) is 0 Å². The Kier molecular flexibility index (Phi) is 12.2. The van der Waals surface area contributed by atoms with Crippen LogP contribution in [0.1, 0.15) is 0 Å². The summed E-state index contributed by atoms with van der Waals surface area (Å²) in [5.74, 6) is 0.715. The molecule has 0 aromatic heterocycles. The molecule has 0 aliphatic heterocycles. The highest BCUT2D eigenvalue weighted by molar-refractivity contribution is 14.1. The second-order valence-corrected chi connectivity index (χ2v) is 12.3. The Morgan fingerprint density at radius 2 is 1.16 bits per heavy atom. The van der Waals surface area contributed by atoms with E-state index in [1.54, 1.807) is 25.3 Å². The minimum absolute atomic E-state index is 0.176. The third-order valence-electron chi connectivity index (χ3n) is 6.60. The van der Waals surface area contributed by atoms with Crippen molar-refractivity contribution < 1.29 is 28.3 Å². The van der Waals surface area contributed by atoms with E-state index < -0.39 is 7.12 Å². The van der Waals surface area contributed by atoms with Gasteiger partial charge in [-0.1, -0.05) is 98.6 Å². The second-order valence-electron chi connectivity index (χ2n) is 9.32. The molecule has 44 heavy (non-hydrogen) atoms. The SMILES string of the molecule is COc1ccc2ccccc2c1-c1ccc(Br)cc1F.COc1ccc2ccccc2c1B(O)O.Fc1cc(Br)ccc1I. The first-order valence-electron chi connectivity index (χ1n) is 13.2. The van der Waals surface area contributed by atoms with Crippen molar-refractivity contribution in [3.05, 3.63) is 133 Å². The fourth-order valence-corrected chi connectivity index (χ4v) is 5.58. The van der Waals surface area contributed by atoms with Gasteiger partial charge < -0.3 is 19.5 Å². The van der Waals surface area contributed by atoms with Crippen LogP contribution >= 0.6 is 54.5 Å². The molecule has 0 atom stereocenters. The summed E-state index contributed by atoms with van der Waals surface area (Å²) in [4.78, 5) is 0. The average Bonchev–Trinajstić information content (AvgIpc) is 3.02. The molecule has 0 fully saturated rings. The number of hydrogen-bond donors (Lipinski definition) is 2. The van der Waals surface area contributed by atoms with Crippen LogP contribution in [-0.4, -0.2) is 31.4 Å². The highest BCUT2D eigenvalue weighted by Gasteiger charge is 2.20. The van der Waals surface area contributed by atoms with Gasteiger partial charge in [-0.3, -0.25) is 0 Å². The van der Waals surface area contributed by atoms with E-state index in [9.17, 15) is 18.8 Å². The molecule has 0 saturated heterocycles. The summed E-state index contributed by atoms with van der Waals surface area (Å²) in [7, 11) is 1.59. The lowest BCUT2D eigenvalue weighted by atomic mass is 9.76. The minimum Gasteiger partial charge on any atom is -0.497 e. The summed E-state index contributed by atoms with van der Waals surface area (Å²) in [5.41, 5.74) is 1.74. The molecular formula is C34H26BBr2F2IO4. The Balaban J connectivity index is 0.000000162. The van der Waals surface area contributed by atoms with E-state index in [0.29, 0.717) is 26.1 Å². The molecule has 0 bridgehead atoms. The van der Waals surface area contributed by atoms with Crippen LogP contribution in [0.25, 0.3) is 32.7 Å². The van der Waals surface area contributed by atoms with Crippen LogP contribution in [0.4, 0.5) is 8.78 Å². The lowest BCUT2D eigenvalue weighted by Crippen LogP contribution is -2.31. The first-order chi connectivity index (χ1) is 21.1. The molecule has 0 amide bonds. The molecule has 0 spiro atoms. The molecule has 6 rings (SSSR count). The van der Waals surface area contributed by atoms with Crippen LogP contribution < -0.4 is 14.9 Å². The van der Waals surface area contributed by atoms with Gasteiger partial charge in [0, 0.05) is 29.1 Å². The van der Waals surface area contributed by atoms with Gasteiger partial charge in [0.25, 0.3) is 0 Å². The fraction of sp³-hybridized carbons (Fsp3) is 0.0588. The van der Waals surface area contributed by atoms with E-state index in [-0.39, 0.29) is 11.6 Å². The van der Waals surface area contributed by atoms with Crippen molar-refractivity contribution in [3.63, 3.8) is 0 Å². The van der Waals surface area contributed by atoms with Crippen molar-refractivity contribution in [1.82, 2.24) is 0 Å². The molecule has 2 N–H and O–H groups in total. The zero-order chi connectivity index (χ0) is 31.8. The Labute approximate surface area is 285 Å². The second kappa shape index (κ2) is 15.8. The van der Waals surface area contributed by atoms with Gasteiger partial charge in [0.2, 0.25) is 0 Å². The molecule has 0 unspecified atom stereocenters. The van der Waals surface area contributed by atoms with Crippen molar-refractivity contribution in [2.24, 2.45) is 0 Å². The van der Waals surface area contributed by atoms with Crippen LogP contribution in [0.2, 0.25) is 0 Å². The summed E-state index contributed by atoms with van der Waals surface area (Å²) < 4.78 is 39.5. The van der Waals surface area contributed by atoms with Gasteiger partial charge in [0.1, 0.15) is 23.1 Å². The lowest BCUT2D eigenvalue weighted by molar-refractivity contribution is 0.404. The Hall–Kier alpha value is -3.03. The normalized spacial score (nSPS) is 10.4. The quantitative estimate of drug-likeness (QED) is 0.106. The highest BCUT2D eigenvalue weighted by Crippen LogP contribution is 2.38. The molecule has 6 aromatic carbocycles. The van der Waals surface area contributed by atoms with Gasteiger partial charge in [-0.05, 0) is 86.6 Å². The summed E-state index contributed by atoms with van der Waals surface area (Å²) in [6, 6.07) is 32.9. The van der Waals surface area contributed by atoms with E-state index in [2.05, 4.69) is 31.9 Å². The third-order valence-corrected chi connectivity index (χ3v) is 8.46. The molecule has 224 valence electrons. The van der Waals surface area contributed by atoms with Crippen LogP contribution in [-0.2, 0) is 0 Å². The van der Waals surface area contributed by atoms with Gasteiger partial charge >= 0.3 is 7.12 Å². The van der Waals surface area contributed by atoms with E-state index in [0.717, 1.165) is 36.1 Å². The molecule has 0 aliphatic rings. The largest absolute Gasteiger partial charge is 0.497 e. The predicted octanol–water partition coefficient (Wildman–Crippen LogP) is 9.14. The van der Waals surface area contributed by atoms with Crippen molar-refractivity contribution in [1.29, 1.82) is 0 Å². The molecule has 4 nitrogen and oxygen atoms in total. The Bertz CT molecular complexity index is 1910. The van der Waals surface area contributed by atoms with Crippen LogP contribution in [0.3, 0.4) is 0 Å². The fourth-order valence-electron chi connectivity index (χ4n) is 4.58. The van der Waals surface area contributed by atoms with Crippen molar-refractivity contribution in [3.8, 4) is 22.6 Å². The molecule has 10 heteroatoms. The van der Waals surface area contributed by atoms with Gasteiger partial charge in [-0.25, -0.2) is 8.78 Å². The van der Waals surface area contributed by atoms with Crippen LogP contribution in [0, 0.1) is 15.2 Å². The van der Waals surface area contributed by atoms with Crippen LogP contribution in [0.5, 0.6) is 11.5 Å². The van der Waals surface area contributed by atoms with E-state index >= 15 is 0 Å². The molecule has 0 saturated carbocycles. The maximum Gasteiger partial charge on any atom is 0.492 e. The first-order valence-corrected chi connectivity index (χ1v) is 15.8. The smallest absolute Gasteiger partial charge is 0.492 e. The predicted molar refractivity (Wildman–Crippen MR) is 191 cm³/mol. The summed E-state index contributed by atoms with van der Waals surface area (Å²) in [6.07, 6.45) is 0. The molecule has 0 radical (unpaired) electrons.